The maximum Gasteiger partial charge on any atom is 0.272 e. The Kier molecular flexibility index (Phi) is 7.06. The number of aromatic nitrogens is 2. The molecule has 2 aromatic rings. The molecule has 33 heavy (non-hydrogen) atoms. The number of rotatable bonds is 5. The molecule has 1 aliphatic rings. The number of nitrogens with one attached hydrogen (secondary N) is 2. The van der Waals surface area contributed by atoms with Crippen molar-refractivity contribution in [2.45, 2.75) is 46.3 Å². The molecule has 0 fully saturated rings. The molecule has 0 spiro atoms. The molecule has 0 saturated heterocycles. The van der Waals surface area contributed by atoms with Crippen molar-refractivity contribution in [1.29, 1.82) is 0 Å². The number of carbonyl (C=O) groups excluding carboxylic acids is 2. The zero-order valence-electron chi connectivity index (χ0n) is 19.9. The molecule has 2 amide bonds. The number of benzene rings is 1. The smallest absolute Gasteiger partial charge is 0.272 e. The molecule has 0 radical (unpaired) electrons. The largest absolute Gasteiger partial charge is 0.496 e. The maximum atomic E-state index is 14.2. The van der Waals surface area contributed by atoms with Gasteiger partial charge in [0.05, 0.1) is 18.4 Å². The van der Waals surface area contributed by atoms with Gasteiger partial charge in [0.25, 0.3) is 5.91 Å². The van der Waals surface area contributed by atoms with Crippen molar-refractivity contribution >= 4 is 11.8 Å². The Labute approximate surface area is 192 Å². The van der Waals surface area contributed by atoms with Crippen LogP contribution in [-0.4, -0.2) is 60.1 Å². The van der Waals surface area contributed by atoms with E-state index in [2.05, 4.69) is 20.5 Å². The highest BCUT2D eigenvalue weighted by Gasteiger charge is 2.35. The SMILES string of the molecule is CNC(=O)[C@@H](NC(=O)c1nc(-c2cc(F)c(F)cc2OC)n2c1CN(C)CCC2)C(C)(C)C. The third-order valence-corrected chi connectivity index (χ3v) is 5.76. The lowest BCUT2D eigenvalue weighted by atomic mass is 9.86. The van der Waals surface area contributed by atoms with Crippen LogP contribution in [0.3, 0.4) is 0 Å². The Bertz CT molecular complexity index is 1060. The lowest BCUT2D eigenvalue weighted by Gasteiger charge is -2.29. The second-order valence-electron chi connectivity index (χ2n) is 9.33. The highest BCUT2D eigenvalue weighted by atomic mass is 19.2. The number of nitrogens with zero attached hydrogens (tertiary/aromatic N) is 3. The summed E-state index contributed by atoms with van der Waals surface area (Å²) in [4.78, 5) is 32.5. The summed E-state index contributed by atoms with van der Waals surface area (Å²) < 4.78 is 35.1. The van der Waals surface area contributed by atoms with Crippen molar-refractivity contribution in [3.05, 3.63) is 35.2 Å². The van der Waals surface area contributed by atoms with Gasteiger partial charge in [-0.2, -0.15) is 0 Å². The number of ether oxygens (including phenoxy) is 1. The van der Waals surface area contributed by atoms with E-state index in [0.717, 1.165) is 25.1 Å². The van der Waals surface area contributed by atoms with E-state index in [1.165, 1.54) is 14.2 Å². The first-order chi connectivity index (χ1) is 15.5. The number of likely N-dealkylation sites (N-methyl/N-ethyl adjacent to an activating group) is 1. The number of carbonyl (C=O) groups is 2. The Hall–Kier alpha value is -3.01. The van der Waals surface area contributed by atoms with E-state index < -0.39 is 29.0 Å². The molecule has 180 valence electrons. The van der Waals surface area contributed by atoms with E-state index >= 15 is 0 Å². The van der Waals surface area contributed by atoms with Crippen LogP contribution in [0.2, 0.25) is 0 Å². The van der Waals surface area contributed by atoms with Gasteiger partial charge in [0.2, 0.25) is 5.91 Å². The summed E-state index contributed by atoms with van der Waals surface area (Å²) >= 11 is 0. The molecular formula is C23H31F2N5O3. The third-order valence-electron chi connectivity index (χ3n) is 5.76. The normalized spacial score (nSPS) is 15.4. The Balaban J connectivity index is 2.14. The highest BCUT2D eigenvalue weighted by Crippen LogP contribution is 2.34. The second kappa shape index (κ2) is 9.46. The van der Waals surface area contributed by atoms with Gasteiger partial charge in [-0.3, -0.25) is 9.59 Å². The summed E-state index contributed by atoms with van der Waals surface area (Å²) in [5, 5.41) is 5.40. The van der Waals surface area contributed by atoms with E-state index in [1.54, 1.807) is 0 Å². The molecule has 0 unspecified atom stereocenters. The van der Waals surface area contributed by atoms with Crippen LogP contribution >= 0.6 is 0 Å². The van der Waals surface area contributed by atoms with E-state index in [1.807, 2.05) is 32.4 Å². The molecular weight excluding hydrogens is 432 g/mol. The summed E-state index contributed by atoms with van der Waals surface area (Å²) in [6.45, 7) is 7.32. The summed E-state index contributed by atoms with van der Waals surface area (Å²) in [5.74, 6) is -2.47. The van der Waals surface area contributed by atoms with Crippen molar-refractivity contribution in [3.63, 3.8) is 0 Å². The standard InChI is InChI=1S/C23H31F2N5O3/c1-23(2,3)19(22(32)26-4)28-21(31)18-16-12-29(5)8-7-9-30(16)20(27-18)13-10-14(24)15(25)11-17(13)33-6/h10-11,19H,7-9,12H2,1-6H3,(H,26,32)(H,28,31)/t19-/m1/s1. The number of amides is 2. The van der Waals surface area contributed by atoms with Crippen molar-refractivity contribution in [2.24, 2.45) is 5.41 Å². The summed E-state index contributed by atoms with van der Waals surface area (Å²) in [7, 11) is 4.81. The van der Waals surface area contributed by atoms with Gasteiger partial charge in [-0.05, 0) is 31.5 Å². The minimum absolute atomic E-state index is 0.115. The second-order valence-corrected chi connectivity index (χ2v) is 9.33. The predicted octanol–water partition coefficient (Wildman–Crippen LogP) is 2.56. The first-order valence-corrected chi connectivity index (χ1v) is 10.8. The maximum absolute atomic E-state index is 14.2. The van der Waals surface area contributed by atoms with Gasteiger partial charge in [0, 0.05) is 26.2 Å². The van der Waals surface area contributed by atoms with E-state index in [9.17, 15) is 18.4 Å². The number of fused-ring (bicyclic) bond motifs is 1. The fraction of sp³-hybridized carbons (Fsp3) is 0.522. The fourth-order valence-corrected chi connectivity index (χ4v) is 4.00. The number of hydrogen-bond donors (Lipinski definition) is 2. The van der Waals surface area contributed by atoms with Crippen LogP contribution in [0.25, 0.3) is 11.4 Å². The average molecular weight is 464 g/mol. The molecule has 2 heterocycles. The molecule has 10 heteroatoms. The van der Waals surface area contributed by atoms with Gasteiger partial charge in [0.1, 0.15) is 17.6 Å². The van der Waals surface area contributed by atoms with Crippen LogP contribution in [0, 0.1) is 17.0 Å². The molecule has 1 atom stereocenters. The minimum atomic E-state index is -1.03. The van der Waals surface area contributed by atoms with Gasteiger partial charge in [-0.15, -0.1) is 0 Å². The lowest BCUT2D eigenvalue weighted by Crippen LogP contribution is -2.53. The quantitative estimate of drug-likeness (QED) is 0.712. The molecule has 0 saturated carbocycles. The fourth-order valence-electron chi connectivity index (χ4n) is 4.00. The molecule has 8 nitrogen and oxygen atoms in total. The topological polar surface area (TPSA) is 88.5 Å². The number of halogens is 2. The van der Waals surface area contributed by atoms with Gasteiger partial charge in [0.15, 0.2) is 17.3 Å². The van der Waals surface area contributed by atoms with E-state index in [0.29, 0.717) is 24.6 Å². The molecule has 1 aromatic heterocycles. The first kappa shape index (κ1) is 24.6. The summed E-state index contributed by atoms with van der Waals surface area (Å²) in [6, 6.07) is 1.20. The summed E-state index contributed by atoms with van der Waals surface area (Å²) in [6.07, 6.45) is 0.781. The van der Waals surface area contributed by atoms with Crippen LogP contribution in [0.5, 0.6) is 5.75 Å². The van der Waals surface area contributed by atoms with Crippen molar-refractivity contribution in [2.75, 3.05) is 27.7 Å². The Morgan fingerprint density at radius 2 is 1.85 bits per heavy atom. The lowest BCUT2D eigenvalue weighted by molar-refractivity contribution is -0.124. The Morgan fingerprint density at radius 3 is 2.45 bits per heavy atom. The zero-order valence-corrected chi connectivity index (χ0v) is 19.9. The molecule has 1 aliphatic heterocycles. The number of hydrogen-bond acceptors (Lipinski definition) is 5. The van der Waals surface area contributed by atoms with Gasteiger partial charge >= 0.3 is 0 Å². The minimum Gasteiger partial charge on any atom is -0.496 e. The molecule has 2 N–H and O–H groups in total. The number of imidazole rings is 1. The van der Waals surface area contributed by atoms with Crippen molar-refractivity contribution < 1.29 is 23.1 Å². The van der Waals surface area contributed by atoms with Gasteiger partial charge < -0.3 is 24.8 Å². The van der Waals surface area contributed by atoms with Gasteiger partial charge in [-0.25, -0.2) is 13.8 Å². The van der Waals surface area contributed by atoms with Crippen molar-refractivity contribution in [1.82, 2.24) is 25.1 Å². The van der Waals surface area contributed by atoms with E-state index in [4.69, 9.17) is 4.74 Å². The van der Waals surface area contributed by atoms with Crippen LogP contribution < -0.4 is 15.4 Å². The Morgan fingerprint density at radius 1 is 1.18 bits per heavy atom. The monoisotopic (exact) mass is 463 g/mol. The highest BCUT2D eigenvalue weighted by molar-refractivity contribution is 5.98. The van der Waals surface area contributed by atoms with Crippen LogP contribution in [0.4, 0.5) is 8.78 Å². The predicted molar refractivity (Wildman–Crippen MR) is 120 cm³/mol. The zero-order chi connectivity index (χ0) is 24.5. The van der Waals surface area contributed by atoms with Crippen LogP contribution in [0.1, 0.15) is 43.4 Å². The molecule has 0 aliphatic carbocycles. The van der Waals surface area contributed by atoms with Crippen LogP contribution in [0.15, 0.2) is 12.1 Å². The number of methoxy groups -OCH3 is 1. The van der Waals surface area contributed by atoms with E-state index in [-0.39, 0.29) is 22.9 Å². The molecule has 3 rings (SSSR count). The average Bonchev–Trinajstić information content (AvgIpc) is 2.98. The van der Waals surface area contributed by atoms with Crippen molar-refractivity contribution in [3.8, 4) is 17.1 Å². The summed E-state index contributed by atoms with van der Waals surface area (Å²) in [5.41, 5.74) is 0.484. The van der Waals surface area contributed by atoms with Gasteiger partial charge in [-0.1, -0.05) is 20.8 Å². The molecule has 0 bridgehead atoms. The van der Waals surface area contributed by atoms with Crippen LogP contribution in [-0.2, 0) is 17.9 Å². The first-order valence-electron chi connectivity index (χ1n) is 10.8. The third kappa shape index (κ3) is 5.00. The molecule has 1 aromatic carbocycles.